The van der Waals surface area contributed by atoms with E-state index in [1.807, 2.05) is 60.8 Å². The van der Waals surface area contributed by atoms with Gasteiger partial charge in [-0.05, 0) is 59.7 Å². The average molecular weight is 468 g/mol. The SMILES string of the molecule is COc1ccc([C@@H]2C3=C(CCCC3=O)N=c3s/c(=C/c4ccc5ccncc5c4)c(=O)n32)cc1. The molecule has 168 valence electrons. The number of methoxy groups -OCH3 is 1. The molecule has 0 bridgehead atoms. The molecule has 4 aromatic rings. The predicted molar refractivity (Wildman–Crippen MR) is 132 cm³/mol. The number of nitrogens with zero attached hydrogens (tertiary/aromatic N) is 3. The highest BCUT2D eigenvalue weighted by Crippen LogP contribution is 2.36. The Bertz CT molecular complexity index is 1660. The first-order valence-electron chi connectivity index (χ1n) is 11.2. The number of hydrogen-bond acceptors (Lipinski definition) is 6. The quantitative estimate of drug-likeness (QED) is 0.462. The molecular formula is C27H21N3O3S. The average Bonchev–Trinajstić information content (AvgIpc) is 3.17. The summed E-state index contributed by atoms with van der Waals surface area (Å²) in [5, 5.41) is 2.11. The van der Waals surface area contributed by atoms with E-state index in [0.717, 1.165) is 46.2 Å². The molecule has 0 radical (unpaired) electrons. The van der Waals surface area contributed by atoms with E-state index in [-0.39, 0.29) is 11.3 Å². The number of aromatic nitrogens is 2. The Morgan fingerprint density at radius 3 is 2.74 bits per heavy atom. The highest BCUT2D eigenvalue weighted by molar-refractivity contribution is 7.07. The van der Waals surface area contributed by atoms with Crippen molar-refractivity contribution in [3.05, 3.63) is 103 Å². The van der Waals surface area contributed by atoms with Crippen LogP contribution in [0.1, 0.15) is 36.4 Å². The zero-order chi connectivity index (χ0) is 23.2. The van der Waals surface area contributed by atoms with Crippen LogP contribution in [0.15, 0.2) is 82.0 Å². The molecule has 34 heavy (non-hydrogen) atoms. The van der Waals surface area contributed by atoms with Gasteiger partial charge in [0.15, 0.2) is 10.6 Å². The van der Waals surface area contributed by atoms with E-state index in [4.69, 9.17) is 9.73 Å². The van der Waals surface area contributed by atoms with Gasteiger partial charge in [0.25, 0.3) is 5.56 Å². The Labute approximate surface area is 199 Å². The number of pyridine rings is 1. The van der Waals surface area contributed by atoms with Gasteiger partial charge in [0, 0.05) is 29.8 Å². The lowest BCUT2D eigenvalue weighted by Crippen LogP contribution is -2.40. The second-order valence-corrected chi connectivity index (χ2v) is 9.48. The molecule has 6 rings (SSSR count). The van der Waals surface area contributed by atoms with Crippen molar-refractivity contribution in [1.29, 1.82) is 0 Å². The minimum Gasteiger partial charge on any atom is -0.497 e. The summed E-state index contributed by atoms with van der Waals surface area (Å²) in [6.45, 7) is 0. The summed E-state index contributed by atoms with van der Waals surface area (Å²) in [6.07, 6.45) is 7.50. The molecule has 0 N–H and O–H groups in total. The molecule has 7 heteroatoms. The number of ether oxygens (including phenoxy) is 1. The van der Waals surface area contributed by atoms with Crippen LogP contribution in [-0.4, -0.2) is 22.4 Å². The van der Waals surface area contributed by atoms with E-state index < -0.39 is 6.04 Å². The number of fused-ring (bicyclic) bond motifs is 2. The van der Waals surface area contributed by atoms with Gasteiger partial charge in [-0.3, -0.25) is 19.1 Å². The molecule has 1 atom stereocenters. The van der Waals surface area contributed by atoms with Gasteiger partial charge in [-0.25, -0.2) is 4.99 Å². The van der Waals surface area contributed by atoms with Crippen LogP contribution in [0.3, 0.4) is 0 Å². The molecule has 0 unspecified atom stereocenters. The third-order valence-electron chi connectivity index (χ3n) is 6.42. The standard InChI is InChI=1S/C27H21N3O3S/c1-33-20-9-7-18(8-10-20)25-24-21(3-2-4-22(24)31)29-27-30(25)26(32)23(34-27)14-16-5-6-17-11-12-28-15-19(17)13-16/h5-15,25H,2-4H2,1H3/b23-14+/t25-/m1/s1. The Morgan fingerprint density at radius 2 is 1.91 bits per heavy atom. The summed E-state index contributed by atoms with van der Waals surface area (Å²) in [7, 11) is 1.62. The molecule has 1 aliphatic heterocycles. The van der Waals surface area contributed by atoms with Gasteiger partial charge in [0.2, 0.25) is 0 Å². The highest BCUT2D eigenvalue weighted by atomic mass is 32.1. The number of carbonyl (C=O) groups excluding carboxylic acids is 1. The van der Waals surface area contributed by atoms with Gasteiger partial charge in [0.1, 0.15) is 5.75 Å². The van der Waals surface area contributed by atoms with Crippen molar-refractivity contribution in [2.24, 2.45) is 4.99 Å². The number of carbonyl (C=O) groups is 1. The van der Waals surface area contributed by atoms with Crippen molar-refractivity contribution in [3.63, 3.8) is 0 Å². The predicted octanol–water partition coefficient (Wildman–Crippen LogP) is 3.53. The van der Waals surface area contributed by atoms with Crippen LogP contribution in [0, 0.1) is 0 Å². The van der Waals surface area contributed by atoms with E-state index in [2.05, 4.69) is 4.98 Å². The lowest BCUT2D eigenvalue weighted by Gasteiger charge is -2.28. The molecule has 0 saturated heterocycles. The van der Waals surface area contributed by atoms with Crippen molar-refractivity contribution >= 4 is 34.0 Å². The maximum Gasteiger partial charge on any atom is 0.271 e. The topological polar surface area (TPSA) is 73.6 Å². The van der Waals surface area contributed by atoms with Crippen molar-refractivity contribution in [3.8, 4) is 5.75 Å². The van der Waals surface area contributed by atoms with Gasteiger partial charge in [-0.15, -0.1) is 0 Å². The first kappa shape index (κ1) is 20.7. The summed E-state index contributed by atoms with van der Waals surface area (Å²) in [5.74, 6) is 0.799. The zero-order valence-electron chi connectivity index (χ0n) is 18.5. The number of rotatable bonds is 3. The van der Waals surface area contributed by atoms with Crippen LogP contribution < -0.4 is 19.6 Å². The van der Waals surface area contributed by atoms with E-state index in [0.29, 0.717) is 21.3 Å². The minimum atomic E-state index is -0.479. The van der Waals surface area contributed by atoms with Gasteiger partial charge >= 0.3 is 0 Å². The first-order chi connectivity index (χ1) is 16.6. The first-order valence-corrected chi connectivity index (χ1v) is 12.0. The normalized spacial score (nSPS) is 18.0. The molecule has 3 heterocycles. The van der Waals surface area contributed by atoms with E-state index in [1.165, 1.54) is 11.3 Å². The summed E-state index contributed by atoms with van der Waals surface area (Å²) < 4.78 is 7.58. The fraction of sp³-hybridized carbons (Fsp3) is 0.185. The van der Waals surface area contributed by atoms with E-state index in [9.17, 15) is 9.59 Å². The molecule has 0 fully saturated rings. The van der Waals surface area contributed by atoms with E-state index in [1.54, 1.807) is 17.9 Å². The lowest BCUT2D eigenvalue weighted by molar-refractivity contribution is -0.116. The van der Waals surface area contributed by atoms with E-state index >= 15 is 0 Å². The molecule has 2 aromatic heterocycles. The molecule has 0 amide bonds. The van der Waals surface area contributed by atoms with Crippen LogP contribution >= 0.6 is 11.3 Å². The van der Waals surface area contributed by atoms with Crippen molar-refractivity contribution in [2.75, 3.05) is 7.11 Å². The third kappa shape index (κ3) is 3.40. The Hall–Kier alpha value is -3.84. The number of hydrogen-bond donors (Lipinski definition) is 0. The van der Waals surface area contributed by atoms with Crippen LogP contribution in [0.5, 0.6) is 5.75 Å². The van der Waals surface area contributed by atoms with Gasteiger partial charge in [-0.1, -0.05) is 35.6 Å². The van der Waals surface area contributed by atoms with Gasteiger partial charge in [-0.2, -0.15) is 0 Å². The number of allylic oxidation sites excluding steroid dienone is 2. The molecule has 1 aliphatic carbocycles. The summed E-state index contributed by atoms with van der Waals surface area (Å²) in [5.41, 5.74) is 3.11. The zero-order valence-corrected chi connectivity index (χ0v) is 19.3. The molecule has 0 spiro atoms. The number of benzene rings is 2. The maximum absolute atomic E-state index is 13.7. The van der Waals surface area contributed by atoms with Gasteiger partial charge < -0.3 is 4.74 Å². The molecule has 2 aliphatic rings. The summed E-state index contributed by atoms with van der Waals surface area (Å²) in [4.78, 5) is 36.3. The minimum absolute atomic E-state index is 0.0714. The largest absolute Gasteiger partial charge is 0.497 e. The Kier molecular flexibility index (Phi) is 4.99. The highest BCUT2D eigenvalue weighted by Gasteiger charge is 2.34. The number of Topliss-reactive ketones (excluding diaryl/α,β-unsaturated/α-hetero) is 1. The second kappa shape index (κ2) is 8.18. The van der Waals surface area contributed by atoms with Crippen LogP contribution in [0.2, 0.25) is 0 Å². The van der Waals surface area contributed by atoms with Crippen LogP contribution in [-0.2, 0) is 4.79 Å². The molecule has 0 saturated carbocycles. The van der Waals surface area contributed by atoms with Crippen LogP contribution in [0.25, 0.3) is 16.8 Å². The Morgan fingerprint density at radius 1 is 1.06 bits per heavy atom. The summed E-state index contributed by atoms with van der Waals surface area (Å²) >= 11 is 1.37. The monoisotopic (exact) mass is 467 g/mol. The number of ketones is 1. The second-order valence-electron chi connectivity index (χ2n) is 8.48. The van der Waals surface area contributed by atoms with Crippen molar-refractivity contribution in [1.82, 2.24) is 9.55 Å². The van der Waals surface area contributed by atoms with Crippen molar-refractivity contribution < 1.29 is 9.53 Å². The number of thiazole rings is 1. The molecular weight excluding hydrogens is 446 g/mol. The molecule has 2 aromatic carbocycles. The smallest absolute Gasteiger partial charge is 0.271 e. The fourth-order valence-corrected chi connectivity index (χ4v) is 5.78. The van der Waals surface area contributed by atoms with Gasteiger partial charge in [0.05, 0.1) is 23.4 Å². The maximum atomic E-state index is 13.7. The van der Waals surface area contributed by atoms with Crippen molar-refractivity contribution in [2.45, 2.75) is 25.3 Å². The lowest BCUT2D eigenvalue weighted by atomic mass is 9.86. The fourth-order valence-electron chi connectivity index (χ4n) is 4.76. The molecule has 6 nitrogen and oxygen atoms in total. The summed E-state index contributed by atoms with van der Waals surface area (Å²) in [6, 6.07) is 15.1. The Balaban J connectivity index is 1.55. The third-order valence-corrected chi connectivity index (χ3v) is 7.40. The van der Waals surface area contributed by atoms with Crippen LogP contribution in [0.4, 0.5) is 0 Å².